The molecule has 1 aromatic rings. The lowest BCUT2D eigenvalue weighted by molar-refractivity contribution is -0.125. The van der Waals surface area contributed by atoms with Gasteiger partial charge in [0.05, 0.1) is 0 Å². The molecule has 1 aliphatic heterocycles. The number of carbonyl (C=O) groups excluding carboxylic acids is 1. The van der Waals surface area contributed by atoms with E-state index in [0.29, 0.717) is 5.92 Å². The topological polar surface area (TPSA) is 59.4 Å². The number of carbonyl (C=O) groups is 1. The Bertz CT molecular complexity index is 463. The molecule has 1 N–H and O–H groups in total. The van der Waals surface area contributed by atoms with E-state index in [4.69, 9.17) is 4.74 Å². The third kappa shape index (κ3) is 5.32. The molecular formula is C17H30N4O2. The first-order valence-electron chi connectivity index (χ1n) is 8.71. The third-order valence-corrected chi connectivity index (χ3v) is 4.59. The van der Waals surface area contributed by atoms with Crippen molar-refractivity contribution in [2.75, 3.05) is 32.8 Å². The predicted octanol–water partition coefficient (Wildman–Crippen LogP) is 1.70. The Morgan fingerprint density at radius 2 is 2.35 bits per heavy atom. The van der Waals surface area contributed by atoms with Crippen LogP contribution >= 0.6 is 0 Å². The molecule has 0 aliphatic carbocycles. The Balaban J connectivity index is 1.74. The zero-order valence-corrected chi connectivity index (χ0v) is 14.6. The first-order chi connectivity index (χ1) is 11.1. The summed E-state index contributed by atoms with van der Waals surface area (Å²) in [6, 6.07) is 1.83. The summed E-state index contributed by atoms with van der Waals surface area (Å²) in [5.74, 6) is 0.514. The number of hydrogen-bond donors (Lipinski definition) is 1. The van der Waals surface area contributed by atoms with Gasteiger partial charge in [0.25, 0.3) is 0 Å². The van der Waals surface area contributed by atoms with Gasteiger partial charge in [0, 0.05) is 51.3 Å². The SMILES string of the molecule is CCOCCCN1CCC(NC(=O)C(C)n2cccn2)C(C)C1. The van der Waals surface area contributed by atoms with Crippen LogP contribution in [0.4, 0.5) is 0 Å². The maximum atomic E-state index is 12.4. The fraction of sp³-hybridized carbons (Fsp3) is 0.765. The Hall–Kier alpha value is -1.40. The van der Waals surface area contributed by atoms with Crippen molar-refractivity contribution < 1.29 is 9.53 Å². The first-order valence-corrected chi connectivity index (χ1v) is 8.71. The number of piperidine rings is 1. The van der Waals surface area contributed by atoms with Gasteiger partial charge >= 0.3 is 0 Å². The maximum absolute atomic E-state index is 12.4. The molecule has 2 heterocycles. The molecule has 0 saturated carbocycles. The number of rotatable bonds is 8. The summed E-state index contributed by atoms with van der Waals surface area (Å²) < 4.78 is 7.09. The molecule has 3 atom stereocenters. The van der Waals surface area contributed by atoms with Gasteiger partial charge in [0.2, 0.25) is 5.91 Å². The van der Waals surface area contributed by atoms with E-state index < -0.39 is 0 Å². The van der Waals surface area contributed by atoms with Gasteiger partial charge in [-0.15, -0.1) is 0 Å². The van der Waals surface area contributed by atoms with Crippen LogP contribution in [0.15, 0.2) is 18.5 Å². The van der Waals surface area contributed by atoms with E-state index in [2.05, 4.69) is 22.2 Å². The Morgan fingerprint density at radius 1 is 1.52 bits per heavy atom. The Morgan fingerprint density at radius 3 is 3.00 bits per heavy atom. The van der Waals surface area contributed by atoms with Crippen molar-refractivity contribution >= 4 is 5.91 Å². The number of nitrogens with one attached hydrogen (secondary N) is 1. The molecule has 3 unspecified atom stereocenters. The van der Waals surface area contributed by atoms with Gasteiger partial charge in [0.15, 0.2) is 0 Å². The highest BCUT2D eigenvalue weighted by Gasteiger charge is 2.28. The lowest BCUT2D eigenvalue weighted by Gasteiger charge is -2.37. The van der Waals surface area contributed by atoms with Crippen LogP contribution in [0.25, 0.3) is 0 Å². The van der Waals surface area contributed by atoms with E-state index in [-0.39, 0.29) is 18.0 Å². The molecule has 0 aromatic carbocycles. The molecule has 0 radical (unpaired) electrons. The van der Waals surface area contributed by atoms with Gasteiger partial charge in [-0.1, -0.05) is 6.92 Å². The normalized spacial score (nSPS) is 23.6. The summed E-state index contributed by atoms with van der Waals surface area (Å²) >= 11 is 0. The Kier molecular flexibility index (Phi) is 7.05. The number of likely N-dealkylation sites (tertiary alicyclic amines) is 1. The predicted molar refractivity (Wildman–Crippen MR) is 90.2 cm³/mol. The molecular weight excluding hydrogens is 292 g/mol. The lowest BCUT2D eigenvalue weighted by Crippen LogP contribution is -2.51. The van der Waals surface area contributed by atoms with Gasteiger partial charge < -0.3 is 15.0 Å². The average molecular weight is 322 g/mol. The van der Waals surface area contributed by atoms with Crippen LogP contribution in [0.1, 0.15) is 39.7 Å². The molecule has 1 aromatic heterocycles. The minimum Gasteiger partial charge on any atom is -0.382 e. The second-order valence-electron chi connectivity index (χ2n) is 6.39. The quantitative estimate of drug-likeness (QED) is 0.740. The van der Waals surface area contributed by atoms with Gasteiger partial charge in [-0.2, -0.15) is 5.10 Å². The van der Waals surface area contributed by atoms with Crippen LogP contribution in [0.3, 0.4) is 0 Å². The molecule has 1 saturated heterocycles. The van der Waals surface area contributed by atoms with Crippen molar-refractivity contribution in [3.05, 3.63) is 18.5 Å². The standard InChI is InChI=1S/C17H30N4O2/c1-4-23-12-6-9-20-11-7-16(14(2)13-20)19-17(22)15(3)21-10-5-8-18-21/h5,8,10,14-16H,4,6-7,9,11-13H2,1-3H3,(H,19,22). The number of amides is 1. The molecule has 2 rings (SSSR count). The van der Waals surface area contributed by atoms with E-state index in [9.17, 15) is 4.79 Å². The van der Waals surface area contributed by atoms with Crippen molar-refractivity contribution in [2.45, 2.75) is 45.7 Å². The van der Waals surface area contributed by atoms with Crippen LogP contribution in [-0.2, 0) is 9.53 Å². The molecule has 0 bridgehead atoms. The van der Waals surface area contributed by atoms with Crippen LogP contribution in [0.2, 0.25) is 0 Å². The highest BCUT2D eigenvalue weighted by Crippen LogP contribution is 2.18. The highest BCUT2D eigenvalue weighted by atomic mass is 16.5. The van der Waals surface area contributed by atoms with E-state index in [1.54, 1.807) is 10.9 Å². The van der Waals surface area contributed by atoms with Crippen LogP contribution in [0.5, 0.6) is 0 Å². The van der Waals surface area contributed by atoms with Crippen LogP contribution in [0, 0.1) is 5.92 Å². The molecule has 6 heteroatoms. The van der Waals surface area contributed by atoms with E-state index >= 15 is 0 Å². The highest BCUT2D eigenvalue weighted by molar-refractivity contribution is 5.80. The summed E-state index contributed by atoms with van der Waals surface area (Å²) in [6.45, 7) is 10.9. The number of aromatic nitrogens is 2. The number of hydrogen-bond acceptors (Lipinski definition) is 4. The van der Waals surface area contributed by atoms with Crippen molar-refractivity contribution in [1.82, 2.24) is 20.0 Å². The maximum Gasteiger partial charge on any atom is 0.244 e. The second-order valence-corrected chi connectivity index (χ2v) is 6.39. The largest absolute Gasteiger partial charge is 0.382 e. The molecule has 1 amide bonds. The Labute approximate surface area is 139 Å². The molecule has 130 valence electrons. The van der Waals surface area contributed by atoms with Gasteiger partial charge in [-0.05, 0) is 38.7 Å². The van der Waals surface area contributed by atoms with Gasteiger partial charge in [-0.25, -0.2) is 0 Å². The summed E-state index contributed by atoms with van der Waals surface area (Å²) in [4.78, 5) is 14.9. The summed E-state index contributed by atoms with van der Waals surface area (Å²) in [5, 5.41) is 7.35. The molecule has 0 spiro atoms. The molecule has 23 heavy (non-hydrogen) atoms. The first kappa shape index (κ1) is 17.9. The lowest BCUT2D eigenvalue weighted by atomic mass is 9.93. The van der Waals surface area contributed by atoms with E-state index in [1.807, 2.05) is 26.1 Å². The van der Waals surface area contributed by atoms with E-state index in [0.717, 1.165) is 45.7 Å². The number of nitrogens with zero attached hydrogens (tertiary/aromatic N) is 3. The summed E-state index contributed by atoms with van der Waals surface area (Å²) in [7, 11) is 0. The minimum atomic E-state index is -0.263. The number of ether oxygens (including phenoxy) is 1. The minimum absolute atomic E-state index is 0.0512. The van der Waals surface area contributed by atoms with Crippen molar-refractivity contribution in [1.29, 1.82) is 0 Å². The summed E-state index contributed by atoms with van der Waals surface area (Å²) in [6.07, 6.45) is 5.61. The van der Waals surface area contributed by atoms with Gasteiger partial charge in [0.1, 0.15) is 6.04 Å². The smallest absolute Gasteiger partial charge is 0.244 e. The van der Waals surface area contributed by atoms with Crippen LogP contribution in [-0.4, -0.2) is 59.5 Å². The molecule has 1 aliphatic rings. The van der Waals surface area contributed by atoms with Crippen molar-refractivity contribution in [2.24, 2.45) is 5.92 Å². The fourth-order valence-corrected chi connectivity index (χ4v) is 3.12. The zero-order valence-electron chi connectivity index (χ0n) is 14.6. The molecule has 1 fully saturated rings. The fourth-order valence-electron chi connectivity index (χ4n) is 3.12. The average Bonchev–Trinajstić information content (AvgIpc) is 3.07. The third-order valence-electron chi connectivity index (χ3n) is 4.59. The molecule has 6 nitrogen and oxygen atoms in total. The van der Waals surface area contributed by atoms with E-state index in [1.165, 1.54) is 0 Å². The second kappa shape index (κ2) is 9.03. The van der Waals surface area contributed by atoms with Crippen molar-refractivity contribution in [3.63, 3.8) is 0 Å². The van der Waals surface area contributed by atoms with Crippen molar-refractivity contribution in [3.8, 4) is 0 Å². The van der Waals surface area contributed by atoms with Gasteiger partial charge in [-0.3, -0.25) is 9.48 Å². The summed E-state index contributed by atoms with van der Waals surface area (Å²) in [5.41, 5.74) is 0. The van der Waals surface area contributed by atoms with Crippen LogP contribution < -0.4 is 5.32 Å². The zero-order chi connectivity index (χ0) is 16.7. The monoisotopic (exact) mass is 322 g/mol.